The van der Waals surface area contributed by atoms with Crippen LogP contribution in [0.3, 0.4) is 0 Å². The number of fused-ring (bicyclic) bond motifs is 1. The summed E-state index contributed by atoms with van der Waals surface area (Å²) in [5.41, 5.74) is 11.6. The number of urea groups is 1. The molecule has 188 valence electrons. The highest BCUT2D eigenvalue weighted by Gasteiger charge is 2.26. The third-order valence-electron chi connectivity index (χ3n) is 6.48. The van der Waals surface area contributed by atoms with Crippen LogP contribution in [0.1, 0.15) is 35.2 Å². The second-order valence-electron chi connectivity index (χ2n) is 8.98. The summed E-state index contributed by atoms with van der Waals surface area (Å²) in [6.45, 7) is 3.15. The van der Waals surface area contributed by atoms with Crippen molar-refractivity contribution in [2.75, 3.05) is 11.9 Å². The van der Waals surface area contributed by atoms with Crippen LogP contribution < -0.4 is 15.8 Å². The number of hydrogen-bond donors (Lipinski definition) is 3. The number of benzene rings is 1. The lowest BCUT2D eigenvalue weighted by Crippen LogP contribution is -2.35. The van der Waals surface area contributed by atoms with Gasteiger partial charge in [-0.05, 0) is 85.3 Å². The predicted octanol–water partition coefficient (Wildman–Crippen LogP) is 2.97. The smallest absolute Gasteiger partial charge is 0.333 e. The summed E-state index contributed by atoms with van der Waals surface area (Å²) in [7, 11) is -4.17. The molecule has 0 unspecified atom stereocenters. The summed E-state index contributed by atoms with van der Waals surface area (Å²) in [5.74, 6) is 0. The molecule has 0 bridgehead atoms. The van der Waals surface area contributed by atoms with E-state index in [1.165, 1.54) is 16.9 Å². The van der Waals surface area contributed by atoms with Crippen LogP contribution in [0.25, 0.3) is 17.2 Å². The fourth-order valence-corrected chi connectivity index (χ4v) is 5.59. The van der Waals surface area contributed by atoms with Gasteiger partial charge in [-0.2, -0.15) is 13.5 Å². The summed E-state index contributed by atoms with van der Waals surface area (Å²) in [4.78, 5) is 17.3. The van der Waals surface area contributed by atoms with Gasteiger partial charge < -0.3 is 15.8 Å². The standard InChI is InChI=1S/C25H28N6O4S/c1-16-13-17-3-2-4-21(17)24(23(16)18-6-10-27-19(14-18)5-9-26)28-25(32)30-36(33,34)22-7-11-31(29-22)15-20-8-12-35-20/h5-7,9-11,13-14,20H,2-4,8,12,15,26H2,1H3,(H2,28,30,32)/b9-5-/t20-/m0/s1. The minimum atomic E-state index is -4.17. The molecule has 2 amide bonds. The molecule has 1 fully saturated rings. The van der Waals surface area contributed by atoms with Crippen LogP contribution in [0.5, 0.6) is 0 Å². The number of carbonyl (C=O) groups is 1. The van der Waals surface area contributed by atoms with Crippen molar-refractivity contribution < 1.29 is 17.9 Å². The Bertz CT molecular complexity index is 1440. The Morgan fingerprint density at radius 2 is 2.14 bits per heavy atom. The van der Waals surface area contributed by atoms with Crippen molar-refractivity contribution in [3.05, 3.63) is 65.2 Å². The Labute approximate surface area is 209 Å². The number of aromatic nitrogens is 3. The molecule has 11 heteroatoms. The van der Waals surface area contributed by atoms with E-state index < -0.39 is 16.1 Å². The number of aryl methyl sites for hydroxylation is 2. The number of pyridine rings is 1. The molecule has 1 atom stereocenters. The van der Waals surface area contributed by atoms with Gasteiger partial charge in [0.05, 0.1) is 24.0 Å². The van der Waals surface area contributed by atoms with Crippen molar-refractivity contribution in [3.8, 4) is 11.1 Å². The van der Waals surface area contributed by atoms with Crippen LogP contribution in [0.4, 0.5) is 10.5 Å². The number of anilines is 1. The topological polar surface area (TPSA) is 141 Å². The fourth-order valence-electron chi connectivity index (χ4n) is 4.74. The van der Waals surface area contributed by atoms with Gasteiger partial charge in [0.2, 0.25) is 0 Å². The number of rotatable bonds is 7. The molecule has 10 nitrogen and oxygen atoms in total. The Morgan fingerprint density at radius 3 is 2.89 bits per heavy atom. The molecule has 3 heterocycles. The molecule has 0 radical (unpaired) electrons. The Morgan fingerprint density at radius 1 is 1.31 bits per heavy atom. The van der Waals surface area contributed by atoms with Crippen LogP contribution in [0, 0.1) is 6.92 Å². The van der Waals surface area contributed by atoms with E-state index in [1.807, 2.05) is 19.1 Å². The minimum absolute atomic E-state index is 0.0348. The highest BCUT2D eigenvalue weighted by molar-refractivity contribution is 7.90. The quantitative estimate of drug-likeness (QED) is 0.445. The van der Waals surface area contributed by atoms with E-state index in [9.17, 15) is 13.2 Å². The summed E-state index contributed by atoms with van der Waals surface area (Å²) in [6.07, 6.45) is 9.96. The highest BCUT2D eigenvalue weighted by atomic mass is 32.2. The first-order valence-electron chi connectivity index (χ1n) is 11.8. The van der Waals surface area contributed by atoms with E-state index in [4.69, 9.17) is 10.5 Å². The molecule has 5 rings (SSSR count). The molecule has 1 aromatic carbocycles. The number of sulfonamides is 1. The fraction of sp³-hybridized carbons (Fsp3) is 0.320. The molecule has 1 aliphatic carbocycles. The molecule has 3 aromatic rings. The average Bonchev–Trinajstić information content (AvgIpc) is 3.46. The van der Waals surface area contributed by atoms with Crippen molar-refractivity contribution in [2.45, 2.75) is 50.3 Å². The van der Waals surface area contributed by atoms with Gasteiger partial charge in [0.15, 0.2) is 5.03 Å². The van der Waals surface area contributed by atoms with Gasteiger partial charge in [0.25, 0.3) is 10.0 Å². The average molecular weight is 509 g/mol. The van der Waals surface area contributed by atoms with Gasteiger partial charge >= 0.3 is 6.03 Å². The van der Waals surface area contributed by atoms with Gasteiger partial charge in [-0.3, -0.25) is 9.67 Å². The molecular formula is C25H28N6O4S. The zero-order valence-electron chi connectivity index (χ0n) is 19.9. The Balaban J connectivity index is 1.42. The molecule has 0 saturated carbocycles. The Kier molecular flexibility index (Phi) is 6.50. The summed E-state index contributed by atoms with van der Waals surface area (Å²) < 4.78 is 34.8. The lowest BCUT2D eigenvalue weighted by atomic mass is 9.93. The number of nitrogens with zero attached hydrogens (tertiary/aromatic N) is 3. The van der Waals surface area contributed by atoms with Gasteiger partial charge in [-0.15, -0.1) is 0 Å². The van der Waals surface area contributed by atoms with Gasteiger partial charge in [0, 0.05) is 24.6 Å². The zero-order chi connectivity index (χ0) is 25.3. The molecular weight excluding hydrogens is 480 g/mol. The van der Waals surface area contributed by atoms with Gasteiger partial charge in [0.1, 0.15) is 0 Å². The maximum absolute atomic E-state index is 13.0. The number of hydrogen-bond acceptors (Lipinski definition) is 7. The minimum Gasteiger partial charge on any atom is -0.405 e. The number of ether oxygens (including phenoxy) is 1. The van der Waals surface area contributed by atoms with E-state index in [0.717, 1.165) is 53.5 Å². The van der Waals surface area contributed by atoms with Crippen molar-refractivity contribution in [3.63, 3.8) is 0 Å². The lowest BCUT2D eigenvalue weighted by Gasteiger charge is -2.25. The molecule has 0 spiro atoms. The zero-order valence-corrected chi connectivity index (χ0v) is 20.7. The molecule has 36 heavy (non-hydrogen) atoms. The van der Waals surface area contributed by atoms with Crippen LogP contribution >= 0.6 is 0 Å². The molecule has 2 aromatic heterocycles. The van der Waals surface area contributed by atoms with Crippen LogP contribution in [-0.4, -0.2) is 41.9 Å². The third-order valence-corrected chi connectivity index (χ3v) is 7.70. The molecule has 2 aliphatic rings. The maximum Gasteiger partial charge on any atom is 0.333 e. The van der Waals surface area contributed by atoms with E-state index in [2.05, 4.69) is 26.2 Å². The summed E-state index contributed by atoms with van der Waals surface area (Å²) in [5, 5.41) is 6.73. The summed E-state index contributed by atoms with van der Waals surface area (Å²) >= 11 is 0. The Hall–Kier alpha value is -3.70. The van der Waals surface area contributed by atoms with E-state index >= 15 is 0 Å². The first-order valence-corrected chi connectivity index (χ1v) is 13.3. The van der Waals surface area contributed by atoms with Crippen molar-refractivity contribution >= 4 is 27.8 Å². The SMILES string of the molecule is Cc1cc2c(c(NC(=O)NS(=O)(=O)c3ccn(C[C@@H]4CCO4)n3)c1-c1ccnc(/C=C\N)c1)CCC2. The van der Waals surface area contributed by atoms with E-state index in [0.29, 0.717) is 24.5 Å². The first kappa shape index (κ1) is 24.0. The van der Waals surface area contributed by atoms with Crippen molar-refractivity contribution in [1.82, 2.24) is 19.5 Å². The monoisotopic (exact) mass is 508 g/mol. The normalized spacial score (nSPS) is 17.1. The molecule has 1 aliphatic heterocycles. The van der Waals surface area contributed by atoms with E-state index in [1.54, 1.807) is 18.5 Å². The van der Waals surface area contributed by atoms with Crippen molar-refractivity contribution in [1.29, 1.82) is 0 Å². The van der Waals surface area contributed by atoms with Crippen molar-refractivity contribution in [2.24, 2.45) is 5.73 Å². The van der Waals surface area contributed by atoms with Gasteiger partial charge in [-0.1, -0.05) is 6.07 Å². The molecule has 1 saturated heterocycles. The number of amides is 2. The third kappa shape index (κ3) is 4.84. The number of nitrogens with two attached hydrogens (primary N) is 1. The van der Waals surface area contributed by atoms with E-state index in [-0.39, 0.29) is 11.1 Å². The maximum atomic E-state index is 13.0. The lowest BCUT2D eigenvalue weighted by molar-refractivity contribution is -0.0610. The highest BCUT2D eigenvalue weighted by Crippen LogP contribution is 2.40. The van der Waals surface area contributed by atoms with Crippen LogP contribution in [0.15, 0.2) is 47.9 Å². The second kappa shape index (κ2) is 9.75. The van der Waals surface area contributed by atoms with Crippen LogP contribution in [-0.2, 0) is 34.1 Å². The first-order chi connectivity index (χ1) is 17.3. The summed E-state index contributed by atoms with van der Waals surface area (Å²) in [6, 6.07) is 6.40. The van der Waals surface area contributed by atoms with Crippen LogP contribution in [0.2, 0.25) is 0 Å². The second-order valence-corrected chi connectivity index (χ2v) is 10.6. The predicted molar refractivity (Wildman–Crippen MR) is 136 cm³/mol. The van der Waals surface area contributed by atoms with Gasteiger partial charge in [-0.25, -0.2) is 9.52 Å². The molecule has 4 N–H and O–H groups in total. The number of carbonyl (C=O) groups excluding carboxylic acids is 1. The largest absolute Gasteiger partial charge is 0.405 e. The number of nitrogens with one attached hydrogen (secondary N) is 2.